The summed E-state index contributed by atoms with van der Waals surface area (Å²) >= 11 is 1.38. The number of nitrogens with one attached hydrogen (secondary N) is 2. The number of rotatable bonds is 5. The Morgan fingerprint density at radius 1 is 1.22 bits per heavy atom. The molecule has 2 aliphatic rings. The van der Waals surface area contributed by atoms with E-state index >= 15 is 0 Å². The average Bonchev–Trinajstić information content (AvgIpc) is 3.11. The number of anilines is 1. The topological polar surface area (TPSA) is 119 Å². The maximum Gasteiger partial charge on any atom is 0.341 e. The molecule has 1 saturated heterocycles. The summed E-state index contributed by atoms with van der Waals surface area (Å²) in [5, 5.41) is 5.72. The van der Waals surface area contributed by atoms with Crippen LogP contribution in [0.15, 0.2) is 0 Å². The Kier molecular flexibility index (Phi) is 5.85. The highest BCUT2D eigenvalue weighted by Gasteiger charge is 2.30. The number of carbonyl (C=O) groups excluding carboxylic acids is 3. The number of carbonyl (C=O) groups is 3. The van der Waals surface area contributed by atoms with E-state index in [1.165, 1.54) is 18.3 Å². The van der Waals surface area contributed by atoms with Crippen LogP contribution in [0.2, 0.25) is 0 Å². The Morgan fingerprint density at radius 2 is 1.96 bits per heavy atom. The van der Waals surface area contributed by atoms with Gasteiger partial charge in [0.15, 0.2) is 16.4 Å². The van der Waals surface area contributed by atoms with Crippen molar-refractivity contribution in [3.8, 4) is 0 Å². The molecule has 27 heavy (non-hydrogen) atoms. The zero-order valence-corrected chi connectivity index (χ0v) is 16.6. The van der Waals surface area contributed by atoms with Crippen LogP contribution < -0.4 is 10.6 Å². The van der Waals surface area contributed by atoms with Gasteiger partial charge in [0, 0.05) is 17.8 Å². The van der Waals surface area contributed by atoms with Crippen LogP contribution in [0, 0.1) is 0 Å². The summed E-state index contributed by atoms with van der Waals surface area (Å²) in [7, 11) is -3.10. The van der Waals surface area contributed by atoms with E-state index in [-0.39, 0.29) is 17.4 Å². The number of thiophene rings is 1. The monoisotopic (exact) mass is 414 g/mol. The molecule has 1 atom stereocenters. The second-order valence-corrected chi connectivity index (χ2v) is 10.2. The van der Waals surface area contributed by atoms with Gasteiger partial charge >= 0.3 is 5.97 Å². The number of sulfone groups is 1. The lowest BCUT2D eigenvalue weighted by Crippen LogP contribution is -2.38. The molecule has 2 heterocycles. The normalized spacial score (nSPS) is 20.6. The van der Waals surface area contributed by atoms with Gasteiger partial charge in [0.2, 0.25) is 5.91 Å². The van der Waals surface area contributed by atoms with Gasteiger partial charge in [-0.25, -0.2) is 13.2 Å². The molecule has 2 N–H and O–H groups in total. The Hall–Kier alpha value is -1.94. The molecule has 0 radical (unpaired) electrons. The van der Waals surface area contributed by atoms with E-state index in [9.17, 15) is 22.8 Å². The van der Waals surface area contributed by atoms with Crippen LogP contribution >= 0.6 is 11.3 Å². The first-order valence-corrected chi connectivity index (χ1v) is 11.5. The largest absolute Gasteiger partial charge is 0.452 e. The standard InChI is InChI=1S/C17H22N2O6S2/c1-10(20)18-16-15(12-4-2-3-5-13(12)26-16)17(22)25-8-14(21)19-11-6-7-27(23,24)9-11/h11H,2-9H2,1H3,(H,18,20)(H,19,21)/t11-/m1/s1. The van der Waals surface area contributed by atoms with E-state index in [1.807, 2.05) is 0 Å². The quantitative estimate of drug-likeness (QED) is 0.695. The zero-order valence-electron chi connectivity index (χ0n) is 15.0. The van der Waals surface area contributed by atoms with Crippen molar-refractivity contribution < 1.29 is 27.5 Å². The molecule has 1 fully saturated rings. The number of amides is 2. The molecule has 2 amide bonds. The highest BCUT2D eigenvalue weighted by atomic mass is 32.2. The van der Waals surface area contributed by atoms with E-state index in [0.717, 1.165) is 36.1 Å². The minimum absolute atomic E-state index is 0.0544. The lowest BCUT2D eigenvalue weighted by molar-refractivity contribution is -0.124. The van der Waals surface area contributed by atoms with Gasteiger partial charge < -0.3 is 15.4 Å². The van der Waals surface area contributed by atoms with Crippen molar-refractivity contribution in [2.75, 3.05) is 23.4 Å². The molecule has 10 heteroatoms. The van der Waals surface area contributed by atoms with Crippen LogP contribution in [-0.4, -0.2) is 50.4 Å². The Morgan fingerprint density at radius 3 is 2.63 bits per heavy atom. The maximum absolute atomic E-state index is 12.6. The van der Waals surface area contributed by atoms with Crippen LogP contribution in [0.4, 0.5) is 5.00 Å². The molecule has 0 bridgehead atoms. The van der Waals surface area contributed by atoms with Gasteiger partial charge in [-0.15, -0.1) is 11.3 Å². The molecule has 0 aromatic carbocycles. The second kappa shape index (κ2) is 7.97. The molecular weight excluding hydrogens is 392 g/mol. The van der Waals surface area contributed by atoms with Crippen LogP contribution in [0.3, 0.4) is 0 Å². The molecule has 0 saturated carbocycles. The van der Waals surface area contributed by atoms with Crippen molar-refractivity contribution in [3.05, 3.63) is 16.0 Å². The molecular formula is C17H22N2O6S2. The van der Waals surface area contributed by atoms with Gasteiger partial charge in [-0.1, -0.05) is 0 Å². The van der Waals surface area contributed by atoms with Crippen molar-refractivity contribution in [2.45, 2.75) is 45.1 Å². The van der Waals surface area contributed by atoms with Gasteiger partial charge in [0.1, 0.15) is 5.00 Å². The Balaban J connectivity index is 1.64. The Bertz CT molecular complexity index is 874. The average molecular weight is 415 g/mol. The first kappa shape index (κ1) is 19.8. The summed E-state index contributed by atoms with van der Waals surface area (Å²) in [4.78, 5) is 37.1. The fourth-order valence-corrected chi connectivity index (χ4v) is 6.41. The predicted octanol–water partition coefficient (Wildman–Crippen LogP) is 1.05. The smallest absolute Gasteiger partial charge is 0.341 e. The van der Waals surface area contributed by atoms with E-state index in [1.54, 1.807) is 0 Å². The number of fused-ring (bicyclic) bond motifs is 1. The number of hydrogen-bond acceptors (Lipinski definition) is 7. The molecule has 0 spiro atoms. The van der Waals surface area contributed by atoms with Gasteiger partial charge in [-0.2, -0.15) is 0 Å². The van der Waals surface area contributed by atoms with Crippen molar-refractivity contribution in [1.29, 1.82) is 0 Å². The minimum atomic E-state index is -3.10. The van der Waals surface area contributed by atoms with Crippen LogP contribution in [0.1, 0.15) is 47.0 Å². The third-order valence-corrected chi connectivity index (χ3v) is 7.57. The summed E-state index contributed by atoms with van der Waals surface area (Å²) in [5.74, 6) is -1.48. The fourth-order valence-electron chi connectivity index (χ4n) is 3.41. The van der Waals surface area contributed by atoms with Crippen molar-refractivity contribution in [1.82, 2.24) is 5.32 Å². The van der Waals surface area contributed by atoms with Crippen molar-refractivity contribution >= 4 is 44.0 Å². The summed E-state index contributed by atoms with van der Waals surface area (Å²) in [6, 6.07) is -0.440. The second-order valence-electron chi connectivity index (χ2n) is 6.84. The third kappa shape index (κ3) is 4.86. The van der Waals surface area contributed by atoms with Crippen molar-refractivity contribution in [2.24, 2.45) is 0 Å². The highest BCUT2D eigenvalue weighted by Crippen LogP contribution is 2.38. The Labute approximate surface area is 161 Å². The lowest BCUT2D eigenvalue weighted by atomic mass is 9.95. The van der Waals surface area contributed by atoms with Crippen LogP contribution in [0.5, 0.6) is 0 Å². The summed E-state index contributed by atoms with van der Waals surface area (Å²) in [6.45, 7) is 0.885. The SMILES string of the molecule is CC(=O)Nc1sc2c(c1C(=O)OCC(=O)N[C@@H]1CCS(=O)(=O)C1)CCCC2. The van der Waals surface area contributed by atoms with Gasteiger partial charge in [-0.3, -0.25) is 9.59 Å². The molecule has 0 unspecified atom stereocenters. The molecule has 148 valence electrons. The highest BCUT2D eigenvalue weighted by molar-refractivity contribution is 7.91. The minimum Gasteiger partial charge on any atom is -0.452 e. The molecule has 3 rings (SSSR count). The molecule has 8 nitrogen and oxygen atoms in total. The zero-order chi connectivity index (χ0) is 19.6. The first-order valence-electron chi connectivity index (χ1n) is 8.84. The van der Waals surface area contributed by atoms with Crippen molar-refractivity contribution in [3.63, 3.8) is 0 Å². The van der Waals surface area contributed by atoms with Crippen LogP contribution in [0.25, 0.3) is 0 Å². The fraction of sp³-hybridized carbons (Fsp3) is 0.588. The maximum atomic E-state index is 12.6. The molecule has 1 aliphatic heterocycles. The van der Waals surface area contributed by atoms with E-state index < -0.39 is 34.4 Å². The van der Waals surface area contributed by atoms with Crippen LogP contribution in [-0.2, 0) is 37.0 Å². The first-order chi connectivity index (χ1) is 12.7. The van der Waals surface area contributed by atoms with E-state index in [2.05, 4.69) is 10.6 Å². The summed E-state index contributed by atoms with van der Waals surface area (Å²) in [6.07, 6.45) is 3.96. The molecule has 1 aromatic heterocycles. The van der Waals surface area contributed by atoms with Gasteiger partial charge in [-0.05, 0) is 37.7 Å². The van der Waals surface area contributed by atoms with E-state index in [4.69, 9.17) is 4.74 Å². The number of aryl methyl sites for hydroxylation is 1. The number of hydrogen-bond donors (Lipinski definition) is 2. The predicted molar refractivity (Wildman–Crippen MR) is 101 cm³/mol. The number of ether oxygens (including phenoxy) is 1. The van der Waals surface area contributed by atoms with Gasteiger partial charge in [0.25, 0.3) is 5.91 Å². The summed E-state index contributed by atoms with van der Waals surface area (Å²) < 4.78 is 28.0. The molecule has 1 aromatic rings. The number of esters is 1. The summed E-state index contributed by atoms with van der Waals surface area (Å²) in [5.41, 5.74) is 1.23. The molecule has 1 aliphatic carbocycles. The van der Waals surface area contributed by atoms with Gasteiger partial charge in [0.05, 0.1) is 17.1 Å². The van der Waals surface area contributed by atoms with E-state index in [0.29, 0.717) is 17.0 Å². The lowest BCUT2D eigenvalue weighted by Gasteiger charge is -2.14. The third-order valence-electron chi connectivity index (χ3n) is 4.60.